The van der Waals surface area contributed by atoms with Gasteiger partial charge in [0.15, 0.2) is 0 Å². The summed E-state index contributed by atoms with van der Waals surface area (Å²) in [5, 5.41) is 0.890. The minimum absolute atomic E-state index is 0.0117. The summed E-state index contributed by atoms with van der Waals surface area (Å²) >= 11 is 3.44. The smallest absolute Gasteiger partial charge is 0.266 e. The van der Waals surface area contributed by atoms with Crippen molar-refractivity contribution in [1.29, 1.82) is 0 Å². The fourth-order valence-corrected chi connectivity index (χ4v) is 3.13. The number of amides is 1. The first-order valence-corrected chi connectivity index (χ1v) is 8.97. The summed E-state index contributed by atoms with van der Waals surface area (Å²) in [7, 11) is 0. The molecule has 0 bridgehead atoms. The highest BCUT2D eigenvalue weighted by molar-refractivity contribution is 9.09. The molecule has 0 spiro atoms. The summed E-state index contributed by atoms with van der Waals surface area (Å²) in [6.45, 7) is 2.81. The number of carbonyl (C=O) groups excluding carboxylic acids is 1. The van der Waals surface area contributed by atoms with Crippen molar-refractivity contribution < 1.29 is 9.53 Å². The molecule has 120 valence electrons. The molecule has 0 aromatic heterocycles. The van der Waals surface area contributed by atoms with Gasteiger partial charge in [-0.1, -0.05) is 64.0 Å². The number of benzene rings is 2. The maximum absolute atomic E-state index is 12.5. The van der Waals surface area contributed by atoms with E-state index in [4.69, 9.17) is 4.74 Å². The van der Waals surface area contributed by atoms with Crippen LogP contribution >= 0.6 is 15.9 Å². The molecule has 1 amide bonds. The molecule has 2 aromatic rings. The molecule has 1 saturated heterocycles. The van der Waals surface area contributed by atoms with Gasteiger partial charge in [0.05, 0.1) is 0 Å². The van der Waals surface area contributed by atoms with Gasteiger partial charge in [-0.2, -0.15) is 0 Å². The summed E-state index contributed by atoms with van der Waals surface area (Å²) in [5.74, 6) is 0.809. The van der Waals surface area contributed by atoms with Crippen molar-refractivity contribution in [3.63, 3.8) is 0 Å². The number of para-hydroxylation sites is 1. The molecule has 3 rings (SSSR count). The first-order valence-electron chi connectivity index (χ1n) is 7.85. The van der Waals surface area contributed by atoms with Crippen LogP contribution in [0.5, 0.6) is 5.75 Å². The molecule has 1 aliphatic heterocycles. The number of rotatable bonds is 6. The lowest BCUT2D eigenvalue weighted by Crippen LogP contribution is -2.61. The Hall–Kier alpha value is -1.81. The van der Waals surface area contributed by atoms with Crippen LogP contribution in [-0.4, -0.2) is 28.8 Å². The van der Waals surface area contributed by atoms with Crippen LogP contribution in [0.4, 0.5) is 0 Å². The number of carbonyl (C=O) groups is 1. The van der Waals surface area contributed by atoms with Gasteiger partial charge in [-0.25, -0.2) is 0 Å². The van der Waals surface area contributed by atoms with E-state index in [1.807, 2.05) is 35.2 Å². The van der Waals surface area contributed by atoms with Crippen LogP contribution in [0, 0.1) is 6.92 Å². The Morgan fingerprint density at radius 3 is 2.43 bits per heavy atom. The van der Waals surface area contributed by atoms with Gasteiger partial charge >= 0.3 is 0 Å². The maximum Gasteiger partial charge on any atom is 0.266 e. The number of nitrogens with zero attached hydrogens (tertiary/aromatic N) is 1. The lowest BCUT2D eigenvalue weighted by atomic mass is 9.90. The van der Waals surface area contributed by atoms with E-state index in [2.05, 4.69) is 47.1 Å². The molecule has 0 aliphatic carbocycles. The van der Waals surface area contributed by atoms with E-state index in [1.54, 1.807) is 0 Å². The number of hydrogen-bond donors (Lipinski definition) is 0. The van der Waals surface area contributed by atoms with Gasteiger partial charge in [0.2, 0.25) is 6.10 Å². The van der Waals surface area contributed by atoms with Gasteiger partial charge in [-0.15, -0.1) is 0 Å². The molecule has 0 saturated carbocycles. The number of aryl methyl sites for hydroxylation is 1. The van der Waals surface area contributed by atoms with Gasteiger partial charge in [0.1, 0.15) is 11.8 Å². The van der Waals surface area contributed by atoms with E-state index in [-0.39, 0.29) is 11.9 Å². The molecule has 1 heterocycles. The summed E-state index contributed by atoms with van der Waals surface area (Å²) in [6.07, 6.45) is 0.502. The fourth-order valence-electron chi connectivity index (χ4n) is 2.88. The van der Waals surface area contributed by atoms with E-state index >= 15 is 0 Å². The van der Waals surface area contributed by atoms with E-state index in [0.717, 1.165) is 29.6 Å². The van der Waals surface area contributed by atoms with Crippen molar-refractivity contribution in [3.8, 4) is 5.75 Å². The zero-order valence-electron chi connectivity index (χ0n) is 13.1. The average molecular weight is 374 g/mol. The third-order valence-electron chi connectivity index (χ3n) is 4.11. The Morgan fingerprint density at radius 2 is 1.78 bits per heavy atom. The zero-order valence-corrected chi connectivity index (χ0v) is 14.7. The molecular formula is C19H20BrNO2. The maximum atomic E-state index is 12.5. The first kappa shape index (κ1) is 16.1. The molecule has 1 fully saturated rings. The highest BCUT2D eigenvalue weighted by atomic mass is 79.9. The van der Waals surface area contributed by atoms with Crippen LogP contribution in [0.3, 0.4) is 0 Å². The molecule has 1 aliphatic rings. The lowest BCUT2D eigenvalue weighted by Gasteiger charge is -2.46. The van der Waals surface area contributed by atoms with Crippen LogP contribution < -0.4 is 4.74 Å². The van der Waals surface area contributed by atoms with Gasteiger partial charge in [0, 0.05) is 11.9 Å². The van der Waals surface area contributed by atoms with Crippen molar-refractivity contribution in [2.45, 2.75) is 25.5 Å². The van der Waals surface area contributed by atoms with E-state index in [0.29, 0.717) is 0 Å². The SMILES string of the molecule is Cc1ccc([C@@H]2[C@H](Oc3ccccc3)C(=O)N2CCCBr)cc1. The second-order valence-corrected chi connectivity index (χ2v) is 6.57. The van der Waals surface area contributed by atoms with Crippen LogP contribution in [0.2, 0.25) is 0 Å². The quantitative estimate of drug-likeness (QED) is 0.563. The second-order valence-electron chi connectivity index (χ2n) is 5.78. The predicted molar refractivity (Wildman–Crippen MR) is 94.9 cm³/mol. The van der Waals surface area contributed by atoms with Crippen molar-refractivity contribution in [3.05, 3.63) is 65.7 Å². The molecule has 4 heteroatoms. The monoisotopic (exact) mass is 373 g/mol. The molecule has 2 atom stereocenters. The summed E-state index contributed by atoms with van der Waals surface area (Å²) in [5.41, 5.74) is 2.35. The van der Waals surface area contributed by atoms with Gasteiger partial charge in [-0.05, 0) is 31.0 Å². The Bertz CT molecular complexity index is 657. The predicted octanol–water partition coefficient (Wildman–Crippen LogP) is 4.11. The summed E-state index contributed by atoms with van der Waals surface area (Å²) in [4.78, 5) is 14.4. The number of halogens is 1. The highest BCUT2D eigenvalue weighted by Crippen LogP contribution is 2.37. The molecule has 23 heavy (non-hydrogen) atoms. The molecule has 0 radical (unpaired) electrons. The Morgan fingerprint density at radius 1 is 1.09 bits per heavy atom. The number of hydrogen-bond acceptors (Lipinski definition) is 2. The van der Waals surface area contributed by atoms with Gasteiger partial charge in [0.25, 0.3) is 5.91 Å². The fraction of sp³-hybridized carbons (Fsp3) is 0.316. The van der Waals surface area contributed by atoms with Crippen molar-refractivity contribution in [1.82, 2.24) is 4.90 Å². The van der Waals surface area contributed by atoms with Crippen LogP contribution in [0.1, 0.15) is 23.6 Å². The minimum atomic E-state index is -0.435. The zero-order chi connectivity index (χ0) is 16.2. The second kappa shape index (κ2) is 7.18. The van der Waals surface area contributed by atoms with Crippen molar-refractivity contribution in [2.24, 2.45) is 0 Å². The molecule has 0 unspecified atom stereocenters. The number of β-lactam (4-membered cyclic amide) rings is 1. The van der Waals surface area contributed by atoms with E-state index in [9.17, 15) is 4.79 Å². The number of likely N-dealkylation sites (tertiary alicyclic amines) is 1. The Kier molecular flexibility index (Phi) is 5.01. The summed E-state index contributed by atoms with van der Waals surface area (Å²) in [6, 6.07) is 17.9. The minimum Gasteiger partial charge on any atom is -0.478 e. The lowest BCUT2D eigenvalue weighted by molar-refractivity contribution is -0.164. The van der Waals surface area contributed by atoms with Crippen LogP contribution in [0.15, 0.2) is 54.6 Å². The average Bonchev–Trinajstić information content (AvgIpc) is 2.59. The standard InChI is InChI=1S/C19H20BrNO2/c1-14-8-10-15(11-9-14)17-18(19(22)21(17)13-5-12-20)23-16-6-3-2-4-7-16/h2-4,6-11,17-18H,5,12-13H2,1H3/t17-,18+/m1/s1. The van der Waals surface area contributed by atoms with Crippen molar-refractivity contribution >= 4 is 21.8 Å². The normalized spacial score (nSPS) is 20.3. The topological polar surface area (TPSA) is 29.5 Å². The number of alkyl halides is 1. The first-order chi connectivity index (χ1) is 11.2. The third kappa shape index (κ3) is 3.42. The molecule has 2 aromatic carbocycles. The van der Waals surface area contributed by atoms with E-state index < -0.39 is 6.10 Å². The van der Waals surface area contributed by atoms with Gasteiger partial charge < -0.3 is 9.64 Å². The highest BCUT2D eigenvalue weighted by Gasteiger charge is 2.49. The Labute approximate surface area is 145 Å². The Balaban J connectivity index is 1.82. The van der Waals surface area contributed by atoms with Gasteiger partial charge in [-0.3, -0.25) is 4.79 Å². The summed E-state index contributed by atoms with van der Waals surface area (Å²) < 4.78 is 5.97. The van der Waals surface area contributed by atoms with Crippen LogP contribution in [0.25, 0.3) is 0 Å². The third-order valence-corrected chi connectivity index (χ3v) is 4.67. The molecule has 0 N–H and O–H groups in total. The molecule has 3 nitrogen and oxygen atoms in total. The molecular weight excluding hydrogens is 354 g/mol. The van der Waals surface area contributed by atoms with Crippen LogP contribution in [-0.2, 0) is 4.79 Å². The van der Waals surface area contributed by atoms with E-state index in [1.165, 1.54) is 5.56 Å². The largest absolute Gasteiger partial charge is 0.478 e. The van der Waals surface area contributed by atoms with Crippen molar-refractivity contribution in [2.75, 3.05) is 11.9 Å². The number of ether oxygens (including phenoxy) is 1.